The summed E-state index contributed by atoms with van der Waals surface area (Å²) in [7, 11) is 0. The van der Waals surface area contributed by atoms with Crippen molar-refractivity contribution in [3.8, 4) is 0 Å². The van der Waals surface area contributed by atoms with Crippen molar-refractivity contribution in [2.24, 2.45) is 0 Å². The molecule has 26 heavy (non-hydrogen) atoms. The maximum absolute atomic E-state index is 13.4. The van der Waals surface area contributed by atoms with E-state index in [-0.39, 0.29) is 5.69 Å². The molecule has 1 aromatic rings. The zero-order valence-corrected chi connectivity index (χ0v) is 15.6. The molecule has 0 aliphatic heterocycles. The molecule has 1 rings (SSSR count). The SMILES string of the molecule is CCCCCCCCCCCOC(=O)/C=C/C(=O)Nc1ccccc1F. The number of carbonyl (C=O) groups is 2. The van der Waals surface area contributed by atoms with Crippen LogP contribution in [0.15, 0.2) is 36.4 Å². The number of esters is 1. The van der Waals surface area contributed by atoms with Gasteiger partial charge in [-0.25, -0.2) is 9.18 Å². The van der Waals surface area contributed by atoms with E-state index < -0.39 is 17.7 Å². The van der Waals surface area contributed by atoms with Gasteiger partial charge in [-0.1, -0.05) is 70.4 Å². The Kier molecular flexibility index (Phi) is 11.8. The molecule has 1 N–H and O–H groups in total. The van der Waals surface area contributed by atoms with Crippen LogP contribution < -0.4 is 5.32 Å². The summed E-state index contributed by atoms with van der Waals surface area (Å²) in [5.74, 6) is -1.66. The van der Waals surface area contributed by atoms with Gasteiger partial charge in [0.05, 0.1) is 12.3 Å². The molecule has 0 aliphatic carbocycles. The van der Waals surface area contributed by atoms with Crippen molar-refractivity contribution in [2.75, 3.05) is 11.9 Å². The molecule has 1 amide bonds. The van der Waals surface area contributed by atoms with E-state index in [0.29, 0.717) is 6.61 Å². The zero-order valence-electron chi connectivity index (χ0n) is 15.6. The number of hydrogen-bond acceptors (Lipinski definition) is 3. The lowest BCUT2D eigenvalue weighted by Crippen LogP contribution is -2.10. The van der Waals surface area contributed by atoms with Crippen LogP contribution in [0.1, 0.15) is 64.7 Å². The average molecular weight is 363 g/mol. The van der Waals surface area contributed by atoms with Crippen molar-refractivity contribution >= 4 is 17.6 Å². The molecule has 144 valence electrons. The van der Waals surface area contributed by atoms with Gasteiger partial charge in [0.25, 0.3) is 0 Å². The highest BCUT2D eigenvalue weighted by Crippen LogP contribution is 2.12. The van der Waals surface area contributed by atoms with Crippen molar-refractivity contribution in [3.05, 3.63) is 42.2 Å². The fraction of sp³-hybridized carbons (Fsp3) is 0.524. The summed E-state index contributed by atoms with van der Waals surface area (Å²) in [6.45, 7) is 2.57. The second kappa shape index (κ2) is 14.0. The van der Waals surface area contributed by atoms with Crippen LogP contribution in [0.2, 0.25) is 0 Å². The van der Waals surface area contributed by atoms with Crippen LogP contribution in [0.25, 0.3) is 0 Å². The monoisotopic (exact) mass is 363 g/mol. The molecular weight excluding hydrogens is 333 g/mol. The second-order valence-electron chi connectivity index (χ2n) is 6.30. The summed E-state index contributed by atoms with van der Waals surface area (Å²) >= 11 is 0. The molecule has 0 saturated heterocycles. The summed E-state index contributed by atoms with van der Waals surface area (Å²) in [6.07, 6.45) is 12.9. The van der Waals surface area contributed by atoms with E-state index in [1.807, 2.05) is 0 Å². The summed E-state index contributed by atoms with van der Waals surface area (Å²) < 4.78 is 18.4. The van der Waals surface area contributed by atoms with Gasteiger partial charge in [0.1, 0.15) is 5.82 Å². The van der Waals surface area contributed by atoms with Crippen LogP contribution in [-0.2, 0) is 14.3 Å². The van der Waals surface area contributed by atoms with Crippen molar-refractivity contribution in [2.45, 2.75) is 64.7 Å². The first-order valence-electron chi connectivity index (χ1n) is 9.54. The number of halogens is 1. The standard InChI is InChI=1S/C21H30FNO3/c1-2-3-4-5-6-7-8-9-12-17-26-21(25)16-15-20(24)23-19-14-11-10-13-18(19)22/h10-11,13-16H,2-9,12,17H2,1H3,(H,23,24)/b16-15+. The Morgan fingerprint density at radius 3 is 2.23 bits per heavy atom. The third-order valence-corrected chi connectivity index (χ3v) is 3.99. The molecule has 5 heteroatoms. The van der Waals surface area contributed by atoms with Gasteiger partial charge in [0.15, 0.2) is 0 Å². The number of rotatable bonds is 13. The maximum Gasteiger partial charge on any atom is 0.330 e. The third kappa shape index (κ3) is 10.6. The van der Waals surface area contributed by atoms with Crippen molar-refractivity contribution in [1.82, 2.24) is 0 Å². The minimum Gasteiger partial charge on any atom is -0.463 e. The Bertz CT molecular complexity index is 572. The zero-order chi connectivity index (χ0) is 19.0. The topological polar surface area (TPSA) is 55.4 Å². The number of nitrogens with one attached hydrogen (secondary N) is 1. The van der Waals surface area contributed by atoms with Gasteiger partial charge in [0.2, 0.25) is 5.91 Å². The number of amides is 1. The number of unbranched alkanes of at least 4 members (excludes halogenated alkanes) is 8. The largest absolute Gasteiger partial charge is 0.463 e. The van der Waals surface area contributed by atoms with Crippen LogP contribution in [0.4, 0.5) is 10.1 Å². The Balaban J connectivity index is 2.06. The van der Waals surface area contributed by atoms with Gasteiger partial charge < -0.3 is 10.1 Å². The minimum absolute atomic E-state index is 0.0743. The van der Waals surface area contributed by atoms with Gasteiger partial charge in [-0.15, -0.1) is 0 Å². The Labute approximate surface area is 155 Å². The summed E-state index contributed by atoms with van der Waals surface area (Å²) in [4.78, 5) is 23.2. The fourth-order valence-electron chi connectivity index (χ4n) is 2.51. The molecule has 0 aliphatic rings. The first-order valence-corrected chi connectivity index (χ1v) is 9.54. The Morgan fingerprint density at radius 2 is 1.58 bits per heavy atom. The van der Waals surface area contributed by atoms with E-state index in [1.54, 1.807) is 6.07 Å². The van der Waals surface area contributed by atoms with Crippen LogP contribution >= 0.6 is 0 Å². The quantitative estimate of drug-likeness (QED) is 0.290. The molecule has 0 saturated carbocycles. The molecule has 1 aromatic carbocycles. The predicted octanol–water partition coefficient (Wildman–Crippen LogP) is 5.39. The summed E-state index contributed by atoms with van der Waals surface area (Å²) in [6, 6.07) is 5.84. The number of para-hydroxylation sites is 1. The lowest BCUT2D eigenvalue weighted by atomic mass is 10.1. The first-order chi connectivity index (χ1) is 12.6. The van der Waals surface area contributed by atoms with E-state index >= 15 is 0 Å². The maximum atomic E-state index is 13.4. The molecule has 0 spiro atoms. The molecule has 0 radical (unpaired) electrons. The molecule has 0 fully saturated rings. The van der Waals surface area contributed by atoms with Gasteiger partial charge in [-0.05, 0) is 18.6 Å². The number of carbonyl (C=O) groups excluding carboxylic acids is 2. The van der Waals surface area contributed by atoms with Crippen molar-refractivity contribution in [1.29, 1.82) is 0 Å². The normalized spacial score (nSPS) is 10.8. The predicted molar refractivity (Wildman–Crippen MR) is 102 cm³/mol. The highest BCUT2D eigenvalue weighted by atomic mass is 19.1. The molecule has 4 nitrogen and oxygen atoms in total. The van der Waals surface area contributed by atoms with E-state index in [0.717, 1.165) is 31.4 Å². The van der Waals surface area contributed by atoms with Crippen LogP contribution in [0.3, 0.4) is 0 Å². The van der Waals surface area contributed by atoms with Crippen LogP contribution in [0, 0.1) is 5.82 Å². The molecule has 0 bridgehead atoms. The smallest absolute Gasteiger partial charge is 0.330 e. The Hall–Kier alpha value is -2.17. The summed E-state index contributed by atoms with van der Waals surface area (Å²) in [5, 5.41) is 2.37. The van der Waals surface area contributed by atoms with E-state index in [2.05, 4.69) is 12.2 Å². The first kappa shape index (κ1) is 21.9. The third-order valence-electron chi connectivity index (χ3n) is 3.99. The molecule has 0 heterocycles. The van der Waals surface area contributed by atoms with Gasteiger partial charge in [-0.3, -0.25) is 4.79 Å². The van der Waals surface area contributed by atoms with Crippen LogP contribution in [-0.4, -0.2) is 18.5 Å². The van der Waals surface area contributed by atoms with Crippen molar-refractivity contribution in [3.63, 3.8) is 0 Å². The lowest BCUT2D eigenvalue weighted by Gasteiger charge is -2.04. The molecular formula is C21H30FNO3. The number of benzene rings is 1. The average Bonchev–Trinajstić information content (AvgIpc) is 2.63. The van der Waals surface area contributed by atoms with E-state index in [1.165, 1.54) is 56.7 Å². The number of ether oxygens (including phenoxy) is 1. The Morgan fingerprint density at radius 1 is 0.962 bits per heavy atom. The number of hydrogen-bond donors (Lipinski definition) is 1. The van der Waals surface area contributed by atoms with Gasteiger partial charge >= 0.3 is 5.97 Å². The molecule has 0 atom stereocenters. The molecule has 0 aromatic heterocycles. The summed E-state index contributed by atoms with van der Waals surface area (Å²) in [5.41, 5.74) is 0.0743. The van der Waals surface area contributed by atoms with Gasteiger partial charge in [0, 0.05) is 12.2 Å². The van der Waals surface area contributed by atoms with Crippen LogP contribution in [0.5, 0.6) is 0 Å². The molecule has 0 unspecified atom stereocenters. The van der Waals surface area contributed by atoms with Crippen molar-refractivity contribution < 1.29 is 18.7 Å². The second-order valence-corrected chi connectivity index (χ2v) is 6.30. The fourth-order valence-corrected chi connectivity index (χ4v) is 2.51. The van der Waals surface area contributed by atoms with E-state index in [4.69, 9.17) is 4.74 Å². The van der Waals surface area contributed by atoms with Gasteiger partial charge in [-0.2, -0.15) is 0 Å². The lowest BCUT2D eigenvalue weighted by molar-refractivity contribution is -0.138. The highest BCUT2D eigenvalue weighted by Gasteiger charge is 2.04. The highest BCUT2D eigenvalue weighted by molar-refractivity contribution is 6.02. The minimum atomic E-state index is -0.574. The number of anilines is 1. The van der Waals surface area contributed by atoms with E-state index in [9.17, 15) is 14.0 Å².